The molecule has 2 saturated carbocycles. The largest absolute Gasteiger partial charge is 0.462 e. The molecule has 0 aromatic rings. The van der Waals surface area contributed by atoms with Crippen LogP contribution in [0.4, 0.5) is 0 Å². The molecule has 2 heteroatoms. The van der Waals surface area contributed by atoms with Crippen molar-refractivity contribution in [3.05, 3.63) is 0 Å². The first-order valence-corrected chi connectivity index (χ1v) is 10.9. The van der Waals surface area contributed by atoms with Crippen molar-refractivity contribution in [2.24, 2.45) is 29.6 Å². The zero-order chi connectivity index (χ0) is 16.9. The molecule has 0 radical (unpaired) electrons. The van der Waals surface area contributed by atoms with Crippen molar-refractivity contribution in [2.45, 2.75) is 103 Å². The molecule has 0 aromatic heterocycles. The van der Waals surface area contributed by atoms with Gasteiger partial charge in [0.2, 0.25) is 0 Å². The number of ether oxygens (including phenoxy) is 1. The summed E-state index contributed by atoms with van der Waals surface area (Å²) >= 11 is 0. The average Bonchev–Trinajstić information content (AvgIpc) is 2.63. The Morgan fingerprint density at radius 1 is 0.792 bits per heavy atom. The van der Waals surface area contributed by atoms with Crippen LogP contribution < -0.4 is 0 Å². The molecule has 2 unspecified atom stereocenters. The van der Waals surface area contributed by atoms with E-state index in [1.54, 1.807) is 0 Å². The average molecular weight is 335 g/mol. The van der Waals surface area contributed by atoms with E-state index in [1.165, 1.54) is 70.6 Å². The van der Waals surface area contributed by atoms with Gasteiger partial charge in [0.1, 0.15) is 6.10 Å². The predicted molar refractivity (Wildman–Crippen MR) is 98.7 cm³/mol. The summed E-state index contributed by atoms with van der Waals surface area (Å²) in [6, 6.07) is 0. The second kappa shape index (κ2) is 8.72. The minimum absolute atomic E-state index is 0.155. The third-order valence-corrected chi connectivity index (χ3v) is 7.48. The highest BCUT2D eigenvalue weighted by atomic mass is 16.5. The van der Waals surface area contributed by atoms with Crippen molar-refractivity contribution < 1.29 is 9.53 Å². The fourth-order valence-corrected chi connectivity index (χ4v) is 5.77. The number of hydrogen-bond acceptors (Lipinski definition) is 2. The molecule has 138 valence electrons. The molecule has 3 rings (SSSR count). The minimum Gasteiger partial charge on any atom is -0.462 e. The monoisotopic (exact) mass is 334 g/mol. The van der Waals surface area contributed by atoms with Crippen molar-refractivity contribution in [1.82, 2.24) is 0 Å². The third kappa shape index (κ3) is 4.35. The van der Waals surface area contributed by atoms with Gasteiger partial charge in [0.25, 0.3) is 0 Å². The van der Waals surface area contributed by atoms with Crippen molar-refractivity contribution in [3.8, 4) is 0 Å². The van der Waals surface area contributed by atoms with Crippen LogP contribution in [0.1, 0.15) is 97.3 Å². The second-order valence-corrected chi connectivity index (χ2v) is 8.92. The topological polar surface area (TPSA) is 26.3 Å². The van der Waals surface area contributed by atoms with Gasteiger partial charge in [-0.3, -0.25) is 4.79 Å². The Kier molecular flexibility index (Phi) is 6.63. The molecule has 0 aromatic carbocycles. The standard InChI is InChI=1S/C22H38O2/c1-3-5-17-8-12-19(13-9-17)21-15-14-20(22(23)24-21)18-10-6-16(4-2)7-11-18/h16-21H,3-15H2,1-2H3/t16-,17-,18-,19-,20?,21?. The Morgan fingerprint density at radius 3 is 2.00 bits per heavy atom. The van der Waals surface area contributed by atoms with Gasteiger partial charge in [-0.15, -0.1) is 0 Å². The SMILES string of the molecule is CCC[C@H]1CC[C@H](C2CCC([C@H]3CC[C@H](CC)CC3)C(=O)O2)CC1. The van der Waals surface area contributed by atoms with Crippen LogP contribution in [-0.4, -0.2) is 12.1 Å². The Balaban J connectivity index is 1.45. The van der Waals surface area contributed by atoms with Gasteiger partial charge in [-0.1, -0.05) is 58.8 Å². The lowest BCUT2D eigenvalue weighted by atomic mass is 9.71. The van der Waals surface area contributed by atoms with Gasteiger partial charge < -0.3 is 4.74 Å². The summed E-state index contributed by atoms with van der Waals surface area (Å²) in [5.41, 5.74) is 0. The highest BCUT2D eigenvalue weighted by Gasteiger charge is 2.40. The zero-order valence-corrected chi connectivity index (χ0v) is 16.0. The lowest BCUT2D eigenvalue weighted by Crippen LogP contribution is -2.40. The van der Waals surface area contributed by atoms with Gasteiger partial charge in [0.05, 0.1) is 5.92 Å². The van der Waals surface area contributed by atoms with Gasteiger partial charge in [0.15, 0.2) is 0 Å². The van der Waals surface area contributed by atoms with E-state index in [9.17, 15) is 4.79 Å². The summed E-state index contributed by atoms with van der Waals surface area (Å²) in [5.74, 6) is 3.48. The summed E-state index contributed by atoms with van der Waals surface area (Å²) in [6.45, 7) is 4.60. The van der Waals surface area contributed by atoms with Crippen LogP contribution in [0.2, 0.25) is 0 Å². The summed E-state index contributed by atoms with van der Waals surface area (Å²) in [6.07, 6.45) is 16.9. The number of carbonyl (C=O) groups excluding carboxylic acids is 1. The molecule has 2 nitrogen and oxygen atoms in total. The molecule has 0 bridgehead atoms. The summed E-state index contributed by atoms with van der Waals surface area (Å²) in [5, 5.41) is 0. The lowest BCUT2D eigenvalue weighted by Gasteiger charge is -2.40. The fraction of sp³-hybridized carbons (Fsp3) is 0.955. The molecule has 2 atom stereocenters. The van der Waals surface area contributed by atoms with Crippen molar-refractivity contribution in [2.75, 3.05) is 0 Å². The number of esters is 1. The van der Waals surface area contributed by atoms with Gasteiger partial charge in [0, 0.05) is 0 Å². The molecule has 3 aliphatic rings. The smallest absolute Gasteiger partial charge is 0.309 e. The Hall–Kier alpha value is -0.530. The van der Waals surface area contributed by atoms with Gasteiger partial charge in [-0.05, 0) is 62.2 Å². The molecule has 0 N–H and O–H groups in total. The third-order valence-electron chi connectivity index (χ3n) is 7.48. The first-order valence-electron chi connectivity index (χ1n) is 10.9. The molecule has 3 fully saturated rings. The van der Waals surface area contributed by atoms with Crippen LogP contribution in [0.25, 0.3) is 0 Å². The lowest BCUT2D eigenvalue weighted by molar-refractivity contribution is -0.168. The molecule has 24 heavy (non-hydrogen) atoms. The summed E-state index contributed by atoms with van der Waals surface area (Å²) in [7, 11) is 0. The number of rotatable bonds is 5. The maximum Gasteiger partial charge on any atom is 0.309 e. The molecule has 1 saturated heterocycles. The molecular formula is C22H38O2. The van der Waals surface area contributed by atoms with Gasteiger partial charge in [-0.25, -0.2) is 0 Å². The molecule has 2 aliphatic carbocycles. The van der Waals surface area contributed by atoms with Crippen LogP contribution in [0.5, 0.6) is 0 Å². The molecule has 1 heterocycles. The maximum atomic E-state index is 12.6. The van der Waals surface area contributed by atoms with E-state index in [4.69, 9.17) is 4.74 Å². The van der Waals surface area contributed by atoms with Crippen molar-refractivity contribution in [1.29, 1.82) is 0 Å². The van der Waals surface area contributed by atoms with E-state index in [0.29, 0.717) is 11.8 Å². The predicted octanol–water partition coefficient (Wildman–Crippen LogP) is 6.13. The Labute approximate surface area is 149 Å². The highest BCUT2D eigenvalue weighted by molar-refractivity contribution is 5.73. The van der Waals surface area contributed by atoms with E-state index in [0.717, 1.165) is 24.7 Å². The molecular weight excluding hydrogens is 296 g/mol. The molecule has 0 amide bonds. The first kappa shape index (κ1) is 18.3. The quantitative estimate of drug-likeness (QED) is 0.565. The summed E-state index contributed by atoms with van der Waals surface area (Å²) < 4.78 is 6.00. The van der Waals surface area contributed by atoms with Gasteiger partial charge >= 0.3 is 5.97 Å². The number of cyclic esters (lactones) is 1. The zero-order valence-electron chi connectivity index (χ0n) is 16.0. The van der Waals surface area contributed by atoms with Crippen LogP contribution in [0.15, 0.2) is 0 Å². The minimum atomic E-state index is 0.155. The molecule has 0 spiro atoms. The summed E-state index contributed by atoms with van der Waals surface area (Å²) in [4.78, 5) is 12.6. The van der Waals surface area contributed by atoms with Gasteiger partial charge in [-0.2, -0.15) is 0 Å². The Morgan fingerprint density at radius 2 is 1.42 bits per heavy atom. The fourth-order valence-electron chi connectivity index (χ4n) is 5.77. The maximum absolute atomic E-state index is 12.6. The van der Waals surface area contributed by atoms with E-state index in [-0.39, 0.29) is 18.0 Å². The van der Waals surface area contributed by atoms with Crippen molar-refractivity contribution >= 4 is 5.97 Å². The van der Waals surface area contributed by atoms with Crippen LogP contribution in [0.3, 0.4) is 0 Å². The number of carbonyl (C=O) groups is 1. The number of hydrogen-bond donors (Lipinski definition) is 0. The van der Waals surface area contributed by atoms with Crippen LogP contribution in [-0.2, 0) is 9.53 Å². The first-order chi connectivity index (χ1) is 11.7. The van der Waals surface area contributed by atoms with E-state index in [1.807, 2.05) is 0 Å². The van der Waals surface area contributed by atoms with E-state index < -0.39 is 0 Å². The van der Waals surface area contributed by atoms with E-state index >= 15 is 0 Å². The Bertz CT molecular complexity index is 389. The van der Waals surface area contributed by atoms with Crippen molar-refractivity contribution in [3.63, 3.8) is 0 Å². The van der Waals surface area contributed by atoms with Crippen LogP contribution >= 0.6 is 0 Å². The molecule has 1 aliphatic heterocycles. The van der Waals surface area contributed by atoms with Crippen LogP contribution in [0, 0.1) is 29.6 Å². The van der Waals surface area contributed by atoms with E-state index in [2.05, 4.69) is 13.8 Å². The normalized spacial score (nSPS) is 41.0. The second-order valence-electron chi connectivity index (χ2n) is 8.92. The highest BCUT2D eigenvalue weighted by Crippen LogP contribution is 2.42.